The van der Waals surface area contributed by atoms with Crippen LogP contribution in [0.15, 0.2) is 42.5 Å². The van der Waals surface area contributed by atoms with Crippen LogP contribution in [0.2, 0.25) is 0 Å². The van der Waals surface area contributed by atoms with Crippen molar-refractivity contribution in [3.8, 4) is 5.75 Å². The molecule has 1 aliphatic heterocycles. The molecule has 0 aliphatic carbocycles. The van der Waals surface area contributed by atoms with E-state index in [9.17, 15) is 4.79 Å². The molecule has 1 heterocycles. The molecule has 0 saturated carbocycles. The lowest BCUT2D eigenvalue weighted by Crippen LogP contribution is -2.50. The summed E-state index contributed by atoms with van der Waals surface area (Å²) in [5.74, 6) is 0.885. The monoisotopic (exact) mass is 381 g/mol. The van der Waals surface area contributed by atoms with E-state index in [1.807, 2.05) is 36.9 Å². The SMILES string of the molecule is Cc1cccc(C)c1OCC(=O)N1CCN(c2cccc(CN(C)C)c2)CC1. The number of carbonyl (C=O) groups excluding carboxylic acids is 1. The van der Waals surface area contributed by atoms with Crippen LogP contribution >= 0.6 is 0 Å². The predicted molar refractivity (Wildman–Crippen MR) is 114 cm³/mol. The Balaban J connectivity index is 1.53. The van der Waals surface area contributed by atoms with Gasteiger partial charge < -0.3 is 19.4 Å². The van der Waals surface area contributed by atoms with Crippen molar-refractivity contribution in [1.82, 2.24) is 9.80 Å². The number of benzene rings is 2. The zero-order chi connectivity index (χ0) is 20.1. The average Bonchev–Trinajstić information content (AvgIpc) is 2.67. The highest BCUT2D eigenvalue weighted by atomic mass is 16.5. The summed E-state index contributed by atoms with van der Waals surface area (Å²) in [6, 6.07) is 14.7. The molecule has 1 amide bonds. The molecule has 0 unspecified atom stereocenters. The van der Waals surface area contributed by atoms with E-state index in [-0.39, 0.29) is 12.5 Å². The van der Waals surface area contributed by atoms with Gasteiger partial charge in [0, 0.05) is 38.4 Å². The summed E-state index contributed by atoms with van der Waals surface area (Å²) in [5, 5.41) is 0. The zero-order valence-corrected chi connectivity index (χ0v) is 17.4. The van der Waals surface area contributed by atoms with Crippen molar-refractivity contribution >= 4 is 11.6 Å². The summed E-state index contributed by atoms with van der Waals surface area (Å²) in [6.07, 6.45) is 0. The molecule has 3 rings (SSSR count). The first-order valence-corrected chi connectivity index (χ1v) is 9.89. The van der Waals surface area contributed by atoms with Crippen molar-refractivity contribution < 1.29 is 9.53 Å². The van der Waals surface area contributed by atoms with E-state index in [2.05, 4.69) is 48.2 Å². The number of nitrogens with zero attached hydrogens (tertiary/aromatic N) is 3. The molecule has 0 N–H and O–H groups in total. The van der Waals surface area contributed by atoms with Crippen LogP contribution in [0.1, 0.15) is 16.7 Å². The second-order valence-corrected chi connectivity index (χ2v) is 7.79. The quantitative estimate of drug-likeness (QED) is 0.770. The maximum absolute atomic E-state index is 12.6. The topological polar surface area (TPSA) is 36.0 Å². The Labute approximate surface area is 168 Å². The van der Waals surface area contributed by atoms with Gasteiger partial charge in [0.25, 0.3) is 5.91 Å². The Hall–Kier alpha value is -2.53. The van der Waals surface area contributed by atoms with Crippen LogP contribution in [0.3, 0.4) is 0 Å². The van der Waals surface area contributed by atoms with E-state index in [0.29, 0.717) is 0 Å². The van der Waals surface area contributed by atoms with E-state index >= 15 is 0 Å². The molecule has 0 aromatic heterocycles. The molecule has 1 fully saturated rings. The molecule has 28 heavy (non-hydrogen) atoms. The van der Waals surface area contributed by atoms with Crippen LogP contribution in [0.5, 0.6) is 5.75 Å². The highest BCUT2D eigenvalue weighted by Gasteiger charge is 2.22. The molecule has 5 nitrogen and oxygen atoms in total. The van der Waals surface area contributed by atoms with E-state index in [1.165, 1.54) is 11.3 Å². The summed E-state index contributed by atoms with van der Waals surface area (Å²) in [4.78, 5) is 19.0. The van der Waals surface area contributed by atoms with Gasteiger partial charge in [-0.05, 0) is 56.8 Å². The first-order chi connectivity index (χ1) is 13.4. The minimum Gasteiger partial charge on any atom is -0.483 e. The molecule has 1 aliphatic rings. The molecule has 150 valence electrons. The lowest BCUT2D eigenvalue weighted by molar-refractivity contribution is -0.133. The van der Waals surface area contributed by atoms with Crippen LogP contribution in [-0.2, 0) is 11.3 Å². The molecular weight excluding hydrogens is 350 g/mol. The Morgan fingerprint density at radius 2 is 1.64 bits per heavy atom. The highest BCUT2D eigenvalue weighted by molar-refractivity contribution is 5.78. The van der Waals surface area contributed by atoms with Gasteiger partial charge in [0.05, 0.1) is 0 Å². The predicted octanol–water partition coefficient (Wildman–Crippen LogP) is 3.09. The van der Waals surface area contributed by atoms with Crippen LogP contribution < -0.4 is 9.64 Å². The van der Waals surface area contributed by atoms with Crippen molar-refractivity contribution in [3.63, 3.8) is 0 Å². The largest absolute Gasteiger partial charge is 0.483 e. The maximum atomic E-state index is 12.6. The van der Waals surface area contributed by atoms with Crippen LogP contribution in [0, 0.1) is 13.8 Å². The third-order valence-electron chi connectivity index (χ3n) is 5.16. The number of ether oxygens (including phenoxy) is 1. The van der Waals surface area contributed by atoms with Gasteiger partial charge in [0.15, 0.2) is 6.61 Å². The molecule has 0 bridgehead atoms. The van der Waals surface area contributed by atoms with Crippen molar-refractivity contribution in [1.29, 1.82) is 0 Å². The molecule has 0 spiro atoms. The van der Waals surface area contributed by atoms with Gasteiger partial charge in [-0.2, -0.15) is 0 Å². The first kappa shape index (κ1) is 20.2. The number of carbonyl (C=O) groups is 1. The summed E-state index contributed by atoms with van der Waals surface area (Å²) < 4.78 is 5.84. The average molecular weight is 382 g/mol. The fourth-order valence-corrected chi connectivity index (χ4v) is 3.68. The van der Waals surface area contributed by atoms with Crippen LogP contribution in [0.4, 0.5) is 5.69 Å². The Kier molecular flexibility index (Phi) is 6.57. The Morgan fingerprint density at radius 3 is 2.29 bits per heavy atom. The normalized spacial score (nSPS) is 14.5. The first-order valence-electron chi connectivity index (χ1n) is 9.89. The number of aryl methyl sites for hydroxylation is 2. The van der Waals surface area contributed by atoms with E-state index in [1.54, 1.807) is 0 Å². The standard InChI is InChI=1S/C23H31N3O2/c1-18-7-5-8-19(2)23(18)28-17-22(27)26-13-11-25(12-14-26)21-10-6-9-20(15-21)16-24(3)4/h5-10,15H,11-14,16-17H2,1-4H3. The molecule has 2 aromatic rings. The zero-order valence-electron chi connectivity index (χ0n) is 17.4. The summed E-state index contributed by atoms with van der Waals surface area (Å²) in [6.45, 7) is 8.21. The molecule has 5 heteroatoms. The molecule has 0 atom stereocenters. The van der Waals surface area contributed by atoms with Crippen molar-refractivity contribution in [2.24, 2.45) is 0 Å². The van der Waals surface area contributed by atoms with Gasteiger partial charge in [0.1, 0.15) is 5.75 Å². The lowest BCUT2D eigenvalue weighted by atomic mass is 10.1. The fraction of sp³-hybridized carbons (Fsp3) is 0.435. The summed E-state index contributed by atoms with van der Waals surface area (Å²) in [5.41, 5.74) is 4.67. The number of anilines is 1. The fourth-order valence-electron chi connectivity index (χ4n) is 3.68. The second-order valence-electron chi connectivity index (χ2n) is 7.79. The smallest absolute Gasteiger partial charge is 0.260 e. The molecule has 2 aromatic carbocycles. The van der Waals surface area contributed by atoms with E-state index in [4.69, 9.17) is 4.74 Å². The van der Waals surface area contributed by atoms with Crippen molar-refractivity contribution in [2.75, 3.05) is 51.8 Å². The van der Waals surface area contributed by atoms with Gasteiger partial charge in [-0.3, -0.25) is 4.79 Å². The van der Waals surface area contributed by atoms with Gasteiger partial charge in [0.2, 0.25) is 0 Å². The Bertz CT molecular complexity index is 791. The number of para-hydroxylation sites is 1. The highest BCUT2D eigenvalue weighted by Crippen LogP contribution is 2.23. The Morgan fingerprint density at radius 1 is 1.00 bits per heavy atom. The number of hydrogen-bond acceptors (Lipinski definition) is 4. The molecule has 0 radical (unpaired) electrons. The number of amides is 1. The van der Waals surface area contributed by atoms with Crippen LogP contribution in [-0.4, -0.2) is 62.6 Å². The van der Waals surface area contributed by atoms with Gasteiger partial charge in [-0.15, -0.1) is 0 Å². The lowest BCUT2D eigenvalue weighted by Gasteiger charge is -2.36. The van der Waals surface area contributed by atoms with Crippen LogP contribution in [0.25, 0.3) is 0 Å². The number of piperazine rings is 1. The van der Waals surface area contributed by atoms with Gasteiger partial charge >= 0.3 is 0 Å². The minimum atomic E-state index is 0.0589. The van der Waals surface area contributed by atoms with E-state index in [0.717, 1.165) is 49.6 Å². The molecule has 1 saturated heterocycles. The van der Waals surface area contributed by atoms with Crippen molar-refractivity contribution in [3.05, 3.63) is 59.2 Å². The molecular formula is C23H31N3O2. The minimum absolute atomic E-state index is 0.0589. The number of rotatable bonds is 6. The summed E-state index contributed by atoms with van der Waals surface area (Å²) in [7, 11) is 4.16. The van der Waals surface area contributed by atoms with Gasteiger partial charge in [-0.1, -0.05) is 30.3 Å². The van der Waals surface area contributed by atoms with Gasteiger partial charge in [-0.25, -0.2) is 0 Å². The maximum Gasteiger partial charge on any atom is 0.260 e. The van der Waals surface area contributed by atoms with Crippen molar-refractivity contribution in [2.45, 2.75) is 20.4 Å². The third-order valence-corrected chi connectivity index (χ3v) is 5.16. The van der Waals surface area contributed by atoms with E-state index < -0.39 is 0 Å². The number of hydrogen-bond donors (Lipinski definition) is 0. The summed E-state index contributed by atoms with van der Waals surface area (Å²) >= 11 is 0. The second kappa shape index (κ2) is 9.11. The third kappa shape index (κ3) is 5.04.